The lowest BCUT2D eigenvalue weighted by atomic mass is 9.91. The van der Waals surface area contributed by atoms with E-state index in [-0.39, 0.29) is 11.0 Å². The van der Waals surface area contributed by atoms with Gasteiger partial charge in [-0.25, -0.2) is 0 Å². The minimum absolute atomic E-state index is 0.00986. The molecule has 3 rings (SSSR count). The molecule has 0 fully saturated rings. The Balaban J connectivity index is 1.58. The largest absolute Gasteiger partial charge is 0.494 e. The monoisotopic (exact) mass is 475 g/mol. The van der Waals surface area contributed by atoms with Crippen LogP contribution < -0.4 is 20.9 Å². The summed E-state index contributed by atoms with van der Waals surface area (Å²) in [5, 5.41) is 2.57. The minimum Gasteiger partial charge on any atom is -0.494 e. The third kappa shape index (κ3) is 7.42. The number of amides is 2. The van der Waals surface area contributed by atoms with Gasteiger partial charge in [0.25, 0.3) is 5.91 Å². The van der Waals surface area contributed by atoms with Crippen LogP contribution in [0.1, 0.15) is 47.7 Å². The maximum Gasteiger partial charge on any atom is 0.257 e. The van der Waals surface area contributed by atoms with Gasteiger partial charge in [0.2, 0.25) is 5.91 Å². The van der Waals surface area contributed by atoms with Gasteiger partial charge in [-0.3, -0.25) is 25.8 Å². The van der Waals surface area contributed by atoms with Crippen molar-refractivity contribution < 1.29 is 14.3 Å². The molecule has 0 atom stereocenters. The molecule has 0 unspecified atom stereocenters. The van der Waals surface area contributed by atoms with Crippen LogP contribution in [-0.4, -0.2) is 23.5 Å². The predicted octanol–water partition coefficient (Wildman–Crippen LogP) is 4.58. The minimum atomic E-state index is -0.534. The van der Waals surface area contributed by atoms with Gasteiger partial charge < -0.3 is 4.74 Å². The predicted molar refractivity (Wildman–Crippen MR) is 137 cm³/mol. The molecule has 176 valence electrons. The summed E-state index contributed by atoms with van der Waals surface area (Å²) in [6.07, 6.45) is 0.928. The second kappa shape index (κ2) is 12.5. The molecule has 0 saturated heterocycles. The number of hydrazine groups is 1. The van der Waals surface area contributed by atoms with Crippen LogP contribution in [0.2, 0.25) is 0 Å². The van der Waals surface area contributed by atoms with Crippen molar-refractivity contribution in [2.45, 2.75) is 26.2 Å². The smallest absolute Gasteiger partial charge is 0.257 e. The summed E-state index contributed by atoms with van der Waals surface area (Å²) in [4.78, 5) is 25.6. The Kier molecular flexibility index (Phi) is 9.17. The molecule has 3 aromatic carbocycles. The fraction of sp³-hybridized carbons (Fsp3) is 0.222. The second-order valence-corrected chi connectivity index (χ2v) is 8.62. The van der Waals surface area contributed by atoms with Crippen molar-refractivity contribution in [1.82, 2.24) is 16.2 Å². The van der Waals surface area contributed by atoms with Gasteiger partial charge in [0.1, 0.15) is 5.75 Å². The second-order valence-electron chi connectivity index (χ2n) is 8.21. The molecule has 0 spiro atoms. The molecular formula is C27H29N3O3S. The van der Waals surface area contributed by atoms with Crippen LogP contribution in [0.4, 0.5) is 0 Å². The van der Waals surface area contributed by atoms with Crippen molar-refractivity contribution >= 4 is 29.1 Å². The van der Waals surface area contributed by atoms with Gasteiger partial charge in [-0.15, -0.1) is 0 Å². The molecule has 2 amide bonds. The van der Waals surface area contributed by atoms with E-state index in [0.717, 1.165) is 17.5 Å². The van der Waals surface area contributed by atoms with Crippen LogP contribution in [0.25, 0.3) is 0 Å². The number of hydrogen-bond acceptors (Lipinski definition) is 4. The molecule has 34 heavy (non-hydrogen) atoms. The lowest BCUT2D eigenvalue weighted by molar-refractivity contribution is -0.122. The molecular weight excluding hydrogens is 446 g/mol. The topological polar surface area (TPSA) is 79.5 Å². The summed E-state index contributed by atoms with van der Waals surface area (Å²) in [7, 11) is 0. The first-order valence-electron chi connectivity index (χ1n) is 11.2. The maximum absolute atomic E-state index is 13.0. The average Bonchev–Trinajstić information content (AvgIpc) is 2.84. The molecule has 0 saturated carbocycles. The quantitative estimate of drug-likeness (QED) is 0.328. The Morgan fingerprint density at radius 2 is 1.47 bits per heavy atom. The van der Waals surface area contributed by atoms with Gasteiger partial charge in [-0.1, -0.05) is 80.6 Å². The standard InChI is InChI=1S/C27H29N3O3S/c1-19(2)16-17-33-23-15-9-14-22(18-23)25(31)28-27(34)30-29-26(32)24(20-10-5-3-6-11-20)21-12-7-4-8-13-21/h3-15,18-19,24H,16-17H2,1-2H3,(H,29,32)(H2,28,30,31,34). The molecule has 0 heterocycles. The highest BCUT2D eigenvalue weighted by atomic mass is 32.1. The Morgan fingerprint density at radius 3 is 2.06 bits per heavy atom. The van der Waals surface area contributed by atoms with E-state index in [2.05, 4.69) is 30.0 Å². The van der Waals surface area contributed by atoms with Crippen LogP contribution in [0.5, 0.6) is 5.75 Å². The van der Waals surface area contributed by atoms with Crippen LogP contribution >= 0.6 is 12.2 Å². The van der Waals surface area contributed by atoms with E-state index < -0.39 is 11.8 Å². The Bertz CT molecular complexity index is 1060. The van der Waals surface area contributed by atoms with Crippen LogP contribution in [0, 0.1) is 5.92 Å². The number of thiocarbonyl (C=S) groups is 1. The van der Waals surface area contributed by atoms with E-state index in [1.807, 2.05) is 60.7 Å². The van der Waals surface area contributed by atoms with Gasteiger partial charge in [-0.2, -0.15) is 0 Å². The zero-order chi connectivity index (χ0) is 24.3. The summed E-state index contributed by atoms with van der Waals surface area (Å²) in [5.74, 6) is -0.0751. The van der Waals surface area contributed by atoms with Gasteiger partial charge in [-0.05, 0) is 53.9 Å². The fourth-order valence-electron chi connectivity index (χ4n) is 3.32. The SMILES string of the molecule is CC(C)CCOc1cccc(C(=O)NC(=S)NNC(=O)C(c2ccccc2)c2ccccc2)c1. The highest BCUT2D eigenvalue weighted by Gasteiger charge is 2.22. The van der Waals surface area contributed by atoms with E-state index in [9.17, 15) is 9.59 Å². The fourth-order valence-corrected chi connectivity index (χ4v) is 3.47. The highest BCUT2D eigenvalue weighted by Crippen LogP contribution is 2.24. The van der Waals surface area contributed by atoms with Gasteiger partial charge >= 0.3 is 0 Å². The third-order valence-corrected chi connectivity index (χ3v) is 5.32. The molecule has 0 bridgehead atoms. The summed E-state index contributed by atoms with van der Waals surface area (Å²) in [6.45, 7) is 4.84. The Morgan fingerprint density at radius 1 is 0.853 bits per heavy atom. The number of carbonyl (C=O) groups excluding carboxylic acids is 2. The zero-order valence-electron chi connectivity index (χ0n) is 19.3. The molecule has 0 aliphatic rings. The molecule has 0 aromatic heterocycles. The maximum atomic E-state index is 13.0. The zero-order valence-corrected chi connectivity index (χ0v) is 20.1. The molecule has 0 aliphatic carbocycles. The van der Waals surface area contributed by atoms with Crippen LogP contribution in [0.15, 0.2) is 84.9 Å². The molecule has 0 radical (unpaired) electrons. The lowest BCUT2D eigenvalue weighted by Gasteiger charge is -2.19. The van der Waals surface area contributed by atoms with Crippen molar-refractivity contribution in [3.05, 3.63) is 102 Å². The van der Waals surface area contributed by atoms with Crippen molar-refractivity contribution in [2.75, 3.05) is 6.61 Å². The summed E-state index contributed by atoms with van der Waals surface area (Å²) in [5.41, 5.74) is 7.35. The number of carbonyl (C=O) groups is 2. The van der Waals surface area contributed by atoms with E-state index >= 15 is 0 Å². The average molecular weight is 476 g/mol. The lowest BCUT2D eigenvalue weighted by Crippen LogP contribution is -2.49. The summed E-state index contributed by atoms with van der Waals surface area (Å²) >= 11 is 5.21. The number of hydrogen-bond donors (Lipinski definition) is 3. The Labute approximate surface area is 205 Å². The van der Waals surface area contributed by atoms with Crippen molar-refractivity contribution in [2.24, 2.45) is 5.92 Å². The third-order valence-electron chi connectivity index (χ3n) is 5.11. The summed E-state index contributed by atoms with van der Waals surface area (Å²) in [6, 6.07) is 25.8. The first-order valence-corrected chi connectivity index (χ1v) is 11.6. The first kappa shape index (κ1) is 24.9. The van der Waals surface area contributed by atoms with Crippen molar-refractivity contribution in [3.63, 3.8) is 0 Å². The molecule has 3 N–H and O–H groups in total. The first-order chi connectivity index (χ1) is 16.4. The van der Waals surface area contributed by atoms with E-state index in [1.165, 1.54) is 0 Å². The van der Waals surface area contributed by atoms with Crippen LogP contribution in [0.3, 0.4) is 0 Å². The van der Waals surface area contributed by atoms with Crippen molar-refractivity contribution in [1.29, 1.82) is 0 Å². The normalized spacial score (nSPS) is 10.6. The van der Waals surface area contributed by atoms with Crippen molar-refractivity contribution in [3.8, 4) is 5.75 Å². The van der Waals surface area contributed by atoms with Gasteiger partial charge in [0.15, 0.2) is 5.11 Å². The molecule has 6 nitrogen and oxygen atoms in total. The number of ether oxygens (including phenoxy) is 1. The number of benzene rings is 3. The van der Waals surface area contributed by atoms with Crippen LogP contribution in [-0.2, 0) is 4.79 Å². The molecule has 7 heteroatoms. The van der Waals surface area contributed by atoms with E-state index in [1.54, 1.807) is 24.3 Å². The molecule has 3 aromatic rings. The number of rotatable bonds is 8. The molecule has 0 aliphatic heterocycles. The highest BCUT2D eigenvalue weighted by molar-refractivity contribution is 7.80. The number of nitrogens with one attached hydrogen (secondary N) is 3. The van der Waals surface area contributed by atoms with Gasteiger partial charge in [0.05, 0.1) is 12.5 Å². The van der Waals surface area contributed by atoms with E-state index in [0.29, 0.717) is 23.8 Å². The van der Waals surface area contributed by atoms with E-state index in [4.69, 9.17) is 17.0 Å². The Hall–Kier alpha value is -3.71. The van der Waals surface area contributed by atoms with Gasteiger partial charge in [0, 0.05) is 5.56 Å². The summed E-state index contributed by atoms with van der Waals surface area (Å²) < 4.78 is 5.72.